The Morgan fingerprint density at radius 3 is 2.61 bits per heavy atom. The number of carboxylic acids is 1. The first-order valence-electron chi connectivity index (χ1n) is 5.14. The quantitative estimate of drug-likeness (QED) is 0.923. The summed E-state index contributed by atoms with van der Waals surface area (Å²) < 4.78 is 1.41. The van der Waals surface area contributed by atoms with Crippen LogP contribution >= 0.6 is 11.6 Å². The summed E-state index contributed by atoms with van der Waals surface area (Å²) in [6, 6.07) is 7.20. The van der Waals surface area contributed by atoms with Gasteiger partial charge in [0.1, 0.15) is 0 Å². The van der Waals surface area contributed by atoms with Crippen molar-refractivity contribution in [2.45, 2.75) is 0 Å². The monoisotopic (exact) mass is 263 g/mol. The zero-order valence-electron chi connectivity index (χ0n) is 9.54. The van der Waals surface area contributed by atoms with Gasteiger partial charge in [0.15, 0.2) is 5.69 Å². The second-order valence-corrected chi connectivity index (χ2v) is 4.07. The third-order valence-electron chi connectivity index (χ3n) is 2.38. The molecule has 1 N–H and O–H groups in total. The molecule has 1 aromatic carbocycles. The van der Waals surface area contributed by atoms with E-state index in [0.717, 1.165) is 5.56 Å². The number of benzene rings is 1. The van der Waals surface area contributed by atoms with E-state index in [0.29, 0.717) is 10.7 Å². The van der Waals surface area contributed by atoms with Gasteiger partial charge in [-0.15, -0.1) is 5.10 Å². The van der Waals surface area contributed by atoms with Gasteiger partial charge >= 0.3 is 5.97 Å². The van der Waals surface area contributed by atoms with Gasteiger partial charge in [0, 0.05) is 12.1 Å². The lowest BCUT2D eigenvalue weighted by Gasteiger charge is -1.96. The molecule has 1 aromatic heterocycles. The zero-order valence-corrected chi connectivity index (χ0v) is 10.3. The molecule has 1 heterocycles. The lowest BCUT2D eigenvalue weighted by Crippen LogP contribution is -2.01. The fraction of sp³-hybridized carbons (Fsp3) is 0.0833. The topological polar surface area (TPSA) is 68.0 Å². The van der Waals surface area contributed by atoms with Gasteiger partial charge < -0.3 is 5.11 Å². The summed E-state index contributed by atoms with van der Waals surface area (Å²) in [5.74, 6) is -1.10. The molecule has 0 amide bonds. The van der Waals surface area contributed by atoms with Crippen LogP contribution < -0.4 is 0 Å². The third kappa shape index (κ3) is 2.57. The fourth-order valence-electron chi connectivity index (χ4n) is 1.45. The summed E-state index contributed by atoms with van der Waals surface area (Å²) in [5.41, 5.74) is 1.29. The first-order valence-corrected chi connectivity index (χ1v) is 5.52. The van der Waals surface area contributed by atoms with Crippen LogP contribution in [0.15, 0.2) is 24.3 Å². The van der Waals surface area contributed by atoms with Crippen molar-refractivity contribution < 1.29 is 9.90 Å². The summed E-state index contributed by atoms with van der Waals surface area (Å²) in [4.78, 5) is 10.9. The molecule has 0 fully saturated rings. The smallest absolute Gasteiger partial charge is 0.358 e. The van der Waals surface area contributed by atoms with E-state index in [2.05, 4.69) is 10.3 Å². The number of hydrogen-bond donors (Lipinski definition) is 1. The minimum atomic E-state index is -1.10. The van der Waals surface area contributed by atoms with Crippen molar-refractivity contribution in [3.05, 3.63) is 46.2 Å². The van der Waals surface area contributed by atoms with Gasteiger partial charge in [-0.3, -0.25) is 0 Å². The summed E-state index contributed by atoms with van der Waals surface area (Å²) in [5, 5.41) is 16.9. The zero-order chi connectivity index (χ0) is 13.1. The highest BCUT2D eigenvalue weighted by Crippen LogP contribution is 2.13. The molecule has 0 bridgehead atoms. The average molecular weight is 264 g/mol. The van der Waals surface area contributed by atoms with Crippen molar-refractivity contribution in [3.8, 4) is 0 Å². The van der Waals surface area contributed by atoms with E-state index in [-0.39, 0.29) is 5.69 Å². The van der Waals surface area contributed by atoms with E-state index in [1.54, 1.807) is 31.3 Å². The number of hydrogen-bond acceptors (Lipinski definition) is 3. The highest BCUT2D eigenvalue weighted by molar-refractivity contribution is 6.30. The molecule has 0 saturated carbocycles. The molecular formula is C12H10ClN3O2. The molecule has 0 radical (unpaired) electrons. The number of carboxylic acid groups (broad SMARTS) is 1. The summed E-state index contributed by atoms with van der Waals surface area (Å²) in [6.07, 6.45) is 3.44. The largest absolute Gasteiger partial charge is 0.476 e. The fourth-order valence-corrected chi connectivity index (χ4v) is 1.58. The predicted molar refractivity (Wildman–Crippen MR) is 68.3 cm³/mol. The van der Waals surface area contributed by atoms with Crippen LogP contribution in [-0.4, -0.2) is 26.1 Å². The van der Waals surface area contributed by atoms with Crippen molar-refractivity contribution in [3.63, 3.8) is 0 Å². The molecule has 0 aliphatic heterocycles. The number of aromatic carboxylic acids is 1. The number of halogens is 1. The summed E-state index contributed by atoms with van der Waals surface area (Å²) in [7, 11) is 1.64. The molecule has 0 atom stereocenters. The SMILES string of the molecule is Cn1nnc(C(=O)O)c1/C=C/c1ccc(Cl)cc1. The van der Waals surface area contributed by atoms with Crippen LogP contribution in [0.4, 0.5) is 0 Å². The Labute approximate surface area is 108 Å². The highest BCUT2D eigenvalue weighted by Gasteiger charge is 2.14. The lowest BCUT2D eigenvalue weighted by atomic mass is 10.2. The van der Waals surface area contributed by atoms with Crippen LogP contribution in [0.1, 0.15) is 21.7 Å². The minimum Gasteiger partial charge on any atom is -0.476 e. The van der Waals surface area contributed by atoms with Gasteiger partial charge in [-0.2, -0.15) is 0 Å². The Bertz CT molecular complexity index is 602. The lowest BCUT2D eigenvalue weighted by molar-refractivity contribution is 0.0690. The van der Waals surface area contributed by atoms with Crippen molar-refractivity contribution in [1.82, 2.24) is 15.0 Å². The molecule has 92 valence electrons. The maximum Gasteiger partial charge on any atom is 0.358 e. The third-order valence-corrected chi connectivity index (χ3v) is 2.63. The molecular weight excluding hydrogens is 254 g/mol. The number of rotatable bonds is 3. The van der Waals surface area contributed by atoms with E-state index in [1.807, 2.05) is 12.1 Å². The van der Waals surface area contributed by atoms with Crippen LogP contribution in [0.5, 0.6) is 0 Å². The minimum absolute atomic E-state index is 0.0669. The second-order valence-electron chi connectivity index (χ2n) is 3.64. The standard InChI is InChI=1S/C12H10ClN3O2/c1-16-10(11(12(17)18)14-15-16)7-4-8-2-5-9(13)6-3-8/h2-7H,1H3,(H,17,18)/b7-4+. The van der Waals surface area contributed by atoms with E-state index in [9.17, 15) is 4.79 Å². The molecule has 2 aromatic rings. The first-order chi connectivity index (χ1) is 8.58. The first kappa shape index (κ1) is 12.3. The van der Waals surface area contributed by atoms with Crippen LogP contribution in [0.2, 0.25) is 5.02 Å². The molecule has 0 aliphatic carbocycles. The average Bonchev–Trinajstić information content (AvgIpc) is 2.70. The molecule has 0 saturated heterocycles. The molecule has 5 nitrogen and oxygen atoms in total. The molecule has 0 spiro atoms. The summed E-state index contributed by atoms with van der Waals surface area (Å²) >= 11 is 5.78. The molecule has 6 heteroatoms. The highest BCUT2D eigenvalue weighted by atomic mass is 35.5. The van der Waals surface area contributed by atoms with Gasteiger partial charge in [0.2, 0.25) is 0 Å². The van der Waals surface area contributed by atoms with Crippen molar-refractivity contribution in [1.29, 1.82) is 0 Å². The van der Waals surface area contributed by atoms with Crippen LogP contribution in [0.3, 0.4) is 0 Å². The van der Waals surface area contributed by atoms with Gasteiger partial charge in [-0.05, 0) is 23.8 Å². The maximum atomic E-state index is 10.9. The molecule has 18 heavy (non-hydrogen) atoms. The van der Waals surface area contributed by atoms with Crippen LogP contribution in [0.25, 0.3) is 12.2 Å². The predicted octanol–water partition coefficient (Wildman–Crippen LogP) is 2.34. The number of aryl methyl sites for hydroxylation is 1. The molecule has 0 aliphatic rings. The van der Waals surface area contributed by atoms with Gasteiger partial charge in [-0.1, -0.05) is 35.0 Å². The maximum absolute atomic E-state index is 10.9. The summed E-state index contributed by atoms with van der Waals surface area (Å²) in [6.45, 7) is 0. The van der Waals surface area contributed by atoms with Crippen molar-refractivity contribution in [2.24, 2.45) is 7.05 Å². The van der Waals surface area contributed by atoms with Crippen molar-refractivity contribution in [2.75, 3.05) is 0 Å². The Hall–Kier alpha value is -2.14. The number of carbonyl (C=O) groups is 1. The van der Waals surface area contributed by atoms with E-state index >= 15 is 0 Å². The van der Waals surface area contributed by atoms with E-state index in [4.69, 9.17) is 16.7 Å². The Morgan fingerprint density at radius 1 is 1.33 bits per heavy atom. The molecule has 2 rings (SSSR count). The van der Waals surface area contributed by atoms with E-state index < -0.39 is 5.97 Å². The van der Waals surface area contributed by atoms with Gasteiger partial charge in [-0.25, -0.2) is 9.48 Å². The number of nitrogens with zero attached hydrogens (tertiary/aromatic N) is 3. The Balaban J connectivity index is 2.31. The number of aromatic nitrogens is 3. The normalized spacial score (nSPS) is 11.0. The Morgan fingerprint density at radius 2 is 2.00 bits per heavy atom. The molecule has 0 unspecified atom stereocenters. The van der Waals surface area contributed by atoms with Gasteiger partial charge in [0.05, 0.1) is 5.69 Å². The van der Waals surface area contributed by atoms with Gasteiger partial charge in [0.25, 0.3) is 0 Å². The second kappa shape index (κ2) is 5.01. The van der Waals surface area contributed by atoms with Crippen molar-refractivity contribution >= 4 is 29.7 Å². The Kier molecular flexibility index (Phi) is 3.43. The van der Waals surface area contributed by atoms with Crippen LogP contribution in [-0.2, 0) is 7.05 Å². The van der Waals surface area contributed by atoms with Crippen LogP contribution in [0, 0.1) is 0 Å². The van der Waals surface area contributed by atoms with E-state index in [1.165, 1.54) is 4.68 Å².